The largest absolute Gasteiger partial charge is 0.380 e. The van der Waals surface area contributed by atoms with Gasteiger partial charge >= 0.3 is 0 Å². The fourth-order valence-corrected chi connectivity index (χ4v) is 2.65. The summed E-state index contributed by atoms with van der Waals surface area (Å²) in [6.45, 7) is 3.81. The summed E-state index contributed by atoms with van der Waals surface area (Å²) in [7, 11) is 0. The van der Waals surface area contributed by atoms with Crippen LogP contribution in [0.4, 0.5) is 0 Å². The first-order chi connectivity index (χ1) is 10.6. The number of hydrogen-bond donors (Lipinski definition) is 2. The Bertz CT molecular complexity index is 557. The van der Waals surface area contributed by atoms with Gasteiger partial charge in [-0.3, -0.25) is 9.59 Å². The van der Waals surface area contributed by atoms with Crippen molar-refractivity contribution in [3.63, 3.8) is 0 Å². The topological polar surface area (TPSA) is 76.7 Å². The monoisotopic (exact) mass is 304 g/mol. The second-order valence-corrected chi connectivity index (χ2v) is 6.21. The molecule has 2 heterocycles. The number of benzene rings is 1. The smallest absolute Gasteiger partial charge is 0.251 e. The van der Waals surface area contributed by atoms with Crippen LogP contribution in [0.5, 0.6) is 0 Å². The highest BCUT2D eigenvalue weighted by Crippen LogP contribution is 2.26. The van der Waals surface area contributed by atoms with Crippen molar-refractivity contribution in [2.24, 2.45) is 5.41 Å². The van der Waals surface area contributed by atoms with Crippen molar-refractivity contribution in [3.8, 4) is 0 Å². The Morgan fingerprint density at radius 1 is 1.36 bits per heavy atom. The lowest BCUT2D eigenvalue weighted by molar-refractivity contribution is -0.150. The summed E-state index contributed by atoms with van der Waals surface area (Å²) in [6.07, 6.45) is -0.718. The molecule has 2 aliphatic heterocycles. The van der Waals surface area contributed by atoms with E-state index in [1.165, 1.54) is 0 Å². The molecule has 6 heteroatoms. The molecular weight excluding hydrogens is 284 g/mol. The van der Waals surface area contributed by atoms with Gasteiger partial charge in [0.05, 0.1) is 19.3 Å². The second kappa shape index (κ2) is 6.06. The van der Waals surface area contributed by atoms with Gasteiger partial charge in [0, 0.05) is 12.0 Å². The van der Waals surface area contributed by atoms with Crippen LogP contribution in [-0.4, -0.2) is 44.3 Å². The molecule has 2 atom stereocenters. The van der Waals surface area contributed by atoms with Gasteiger partial charge in [-0.15, -0.1) is 0 Å². The Kier molecular flexibility index (Phi) is 4.13. The molecule has 2 N–H and O–H groups in total. The maximum absolute atomic E-state index is 12.4. The van der Waals surface area contributed by atoms with Gasteiger partial charge in [-0.05, 0) is 5.56 Å². The first kappa shape index (κ1) is 15.0. The van der Waals surface area contributed by atoms with Crippen molar-refractivity contribution in [1.29, 1.82) is 0 Å². The first-order valence-corrected chi connectivity index (χ1v) is 7.39. The zero-order valence-corrected chi connectivity index (χ0v) is 12.5. The van der Waals surface area contributed by atoms with Crippen LogP contribution in [0, 0.1) is 5.41 Å². The molecule has 0 spiro atoms. The van der Waals surface area contributed by atoms with Crippen LogP contribution in [0.25, 0.3) is 0 Å². The van der Waals surface area contributed by atoms with Crippen molar-refractivity contribution in [2.75, 3.05) is 26.4 Å². The molecule has 0 aromatic heterocycles. The van der Waals surface area contributed by atoms with Gasteiger partial charge in [-0.1, -0.05) is 37.3 Å². The van der Waals surface area contributed by atoms with Crippen molar-refractivity contribution < 1.29 is 19.1 Å². The Morgan fingerprint density at radius 2 is 2.09 bits per heavy atom. The van der Waals surface area contributed by atoms with Crippen LogP contribution in [0.3, 0.4) is 0 Å². The third-order valence-electron chi connectivity index (χ3n) is 4.02. The van der Waals surface area contributed by atoms with Gasteiger partial charge in [0.15, 0.2) is 6.10 Å². The van der Waals surface area contributed by atoms with E-state index in [1.807, 2.05) is 30.3 Å². The number of morpholine rings is 1. The molecule has 2 saturated heterocycles. The highest BCUT2D eigenvalue weighted by molar-refractivity contribution is 5.86. The van der Waals surface area contributed by atoms with E-state index in [9.17, 15) is 9.59 Å². The quantitative estimate of drug-likeness (QED) is 0.844. The average Bonchev–Trinajstić information content (AvgIpc) is 2.51. The Hall–Kier alpha value is -1.92. The molecule has 0 saturated carbocycles. The van der Waals surface area contributed by atoms with Gasteiger partial charge in [-0.25, -0.2) is 0 Å². The van der Waals surface area contributed by atoms with Gasteiger partial charge in [-0.2, -0.15) is 0 Å². The van der Waals surface area contributed by atoms with Crippen LogP contribution in [0.15, 0.2) is 30.3 Å². The summed E-state index contributed by atoms with van der Waals surface area (Å²) in [4.78, 5) is 24.1. The first-order valence-electron chi connectivity index (χ1n) is 7.39. The normalized spacial score (nSPS) is 26.7. The molecule has 22 heavy (non-hydrogen) atoms. The Labute approximate surface area is 129 Å². The number of nitrogens with one attached hydrogen (secondary N) is 2. The van der Waals surface area contributed by atoms with Crippen LogP contribution in [0.2, 0.25) is 0 Å². The van der Waals surface area contributed by atoms with Gasteiger partial charge in [0.25, 0.3) is 5.91 Å². The van der Waals surface area contributed by atoms with Crippen molar-refractivity contribution in [1.82, 2.24) is 10.6 Å². The molecule has 1 aromatic carbocycles. The minimum absolute atomic E-state index is 0.00415. The molecule has 0 radical (unpaired) electrons. The average molecular weight is 304 g/mol. The third-order valence-corrected chi connectivity index (χ3v) is 4.02. The van der Waals surface area contributed by atoms with Crippen molar-refractivity contribution >= 4 is 11.8 Å². The molecule has 0 aliphatic carbocycles. The van der Waals surface area contributed by atoms with Crippen LogP contribution in [-0.2, 0) is 19.1 Å². The summed E-state index contributed by atoms with van der Waals surface area (Å²) in [6, 6.07) is 8.92. The van der Waals surface area contributed by atoms with Crippen molar-refractivity contribution in [3.05, 3.63) is 35.9 Å². The molecule has 3 rings (SSSR count). The van der Waals surface area contributed by atoms with E-state index in [0.717, 1.165) is 5.56 Å². The summed E-state index contributed by atoms with van der Waals surface area (Å²) in [5, 5.41) is 5.75. The predicted molar refractivity (Wildman–Crippen MR) is 79.0 cm³/mol. The molecule has 1 aromatic rings. The standard InChI is InChI=1S/C16H20N2O4/c1-16(9-21-10-16)8-17-15(20)14-13(18-12(19)7-22-14)11-5-3-2-4-6-11/h2-6,13-14H,7-10H2,1H3,(H,17,20)(H,18,19)/t13-,14+/m1/s1. The fraction of sp³-hybridized carbons (Fsp3) is 0.500. The fourth-order valence-electron chi connectivity index (χ4n) is 2.65. The maximum Gasteiger partial charge on any atom is 0.251 e. The number of carbonyl (C=O) groups excluding carboxylic acids is 2. The van der Waals surface area contributed by atoms with Gasteiger partial charge < -0.3 is 20.1 Å². The minimum atomic E-state index is -0.718. The third kappa shape index (κ3) is 3.13. The zero-order valence-electron chi connectivity index (χ0n) is 12.5. The van der Waals surface area contributed by atoms with Crippen LogP contribution in [0.1, 0.15) is 18.5 Å². The van der Waals surface area contributed by atoms with E-state index in [-0.39, 0.29) is 23.8 Å². The van der Waals surface area contributed by atoms with Gasteiger partial charge in [0.1, 0.15) is 6.61 Å². The SMILES string of the molecule is CC1(CNC(=O)[C@H]2OCC(=O)N[C@@H]2c2ccccc2)COC1. The number of amides is 2. The molecule has 2 fully saturated rings. The summed E-state index contributed by atoms with van der Waals surface area (Å²) in [5.74, 6) is -0.417. The zero-order chi connectivity index (χ0) is 15.6. The lowest BCUT2D eigenvalue weighted by Gasteiger charge is -2.39. The lowest BCUT2D eigenvalue weighted by Crippen LogP contribution is -2.55. The molecule has 0 unspecified atom stereocenters. The number of ether oxygens (including phenoxy) is 2. The molecule has 6 nitrogen and oxygen atoms in total. The highest BCUT2D eigenvalue weighted by atomic mass is 16.5. The van der Waals surface area contributed by atoms with E-state index in [1.54, 1.807) is 0 Å². The molecule has 2 aliphatic rings. The number of hydrogen-bond acceptors (Lipinski definition) is 4. The summed E-state index contributed by atoms with van der Waals surface area (Å²) < 4.78 is 10.7. The number of rotatable bonds is 4. The molecule has 0 bridgehead atoms. The Morgan fingerprint density at radius 3 is 2.73 bits per heavy atom. The van der Waals surface area contributed by atoms with E-state index in [2.05, 4.69) is 17.6 Å². The van der Waals surface area contributed by atoms with E-state index in [0.29, 0.717) is 19.8 Å². The minimum Gasteiger partial charge on any atom is -0.380 e. The predicted octanol–water partition coefficient (Wildman–Crippen LogP) is 0.395. The van der Waals surface area contributed by atoms with E-state index in [4.69, 9.17) is 9.47 Å². The lowest BCUT2D eigenvalue weighted by atomic mass is 9.88. The molecular formula is C16H20N2O4. The second-order valence-electron chi connectivity index (χ2n) is 6.21. The van der Waals surface area contributed by atoms with Crippen molar-refractivity contribution in [2.45, 2.75) is 19.1 Å². The maximum atomic E-state index is 12.4. The summed E-state index contributed by atoms with van der Waals surface area (Å²) in [5.41, 5.74) is 0.851. The Balaban J connectivity index is 1.69. The van der Waals surface area contributed by atoms with E-state index < -0.39 is 12.1 Å². The number of carbonyl (C=O) groups is 2. The molecule has 118 valence electrons. The summed E-state index contributed by atoms with van der Waals surface area (Å²) >= 11 is 0. The van der Waals surface area contributed by atoms with Crippen LogP contribution < -0.4 is 10.6 Å². The van der Waals surface area contributed by atoms with Crippen LogP contribution >= 0.6 is 0 Å². The molecule has 2 amide bonds. The van der Waals surface area contributed by atoms with E-state index >= 15 is 0 Å². The highest BCUT2D eigenvalue weighted by Gasteiger charge is 2.38. The van der Waals surface area contributed by atoms with Gasteiger partial charge in [0.2, 0.25) is 5.91 Å².